The summed E-state index contributed by atoms with van der Waals surface area (Å²) < 4.78 is 9.74. The lowest BCUT2D eigenvalue weighted by Gasteiger charge is -2.07. The third-order valence-corrected chi connectivity index (χ3v) is 2.04. The number of hydrogen-bond donors (Lipinski definition) is 2. The van der Waals surface area contributed by atoms with E-state index in [2.05, 4.69) is 0 Å². The Morgan fingerprint density at radius 1 is 1.33 bits per heavy atom. The summed E-state index contributed by atoms with van der Waals surface area (Å²) >= 11 is 0. The average Bonchev–Trinajstić information content (AvgIpc) is 2.20. The lowest BCUT2D eigenvalue weighted by atomic mass is 10.2. The Balaban J connectivity index is 2.94. The van der Waals surface area contributed by atoms with Crippen molar-refractivity contribution in [2.24, 2.45) is 0 Å². The van der Waals surface area contributed by atoms with Gasteiger partial charge in [-0.15, -0.1) is 0 Å². The number of benzene rings is 1. The lowest BCUT2D eigenvalue weighted by molar-refractivity contribution is 0.353. The van der Waals surface area contributed by atoms with Gasteiger partial charge in [-0.25, -0.2) is 4.79 Å². The van der Waals surface area contributed by atoms with Gasteiger partial charge in [0.25, 0.3) is 0 Å². The Kier molecular flexibility index (Phi) is 2.00. The summed E-state index contributed by atoms with van der Waals surface area (Å²) in [7, 11) is 1.35. The molecule has 2 aromatic rings. The number of ether oxygens (including phenoxy) is 1. The lowest BCUT2D eigenvalue weighted by Crippen LogP contribution is -1.95. The molecule has 2 rings (SSSR count). The van der Waals surface area contributed by atoms with Crippen LogP contribution in [0.5, 0.6) is 17.2 Å². The zero-order chi connectivity index (χ0) is 11.0. The van der Waals surface area contributed by atoms with Crippen LogP contribution in [0.1, 0.15) is 0 Å². The largest absolute Gasteiger partial charge is 0.504 e. The summed E-state index contributed by atoms with van der Waals surface area (Å²) in [5, 5.41) is 19.2. The number of hydrogen-bond acceptors (Lipinski definition) is 5. The fourth-order valence-corrected chi connectivity index (χ4v) is 1.37. The van der Waals surface area contributed by atoms with E-state index in [1.54, 1.807) is 0 Å². The van der Waals surface area contributed by atoms with E-state index < -0.39 is 11.4 Å². The van der Waals surface area contributed by atoms with E-state index in [4.69, 9.17) is 9.15 Å². The highest BCUT2D eigenvalue weighted by Crippen LogP contribution is 2.41. The zero-order valence-electron chi connectivity index (χ0n) is 7.85. The minimum atomic E-state index is -0.533. The van der Waals surface area contributed by atoms with Gasteiger partial charge in [0.2, 0.25) is 5.75 Å². The topological polar surface area (TPSA) is 79.9 Å². The van der Waals surface area contributed by atoms with Gasteiger partial charge in [0.05, 0.1) is 12.5 Å². The van der Waals surface area contributed by atoms with Crippen molar-refractivity contribution in [3.8, 4) is 17.2 Å². The van der Waals surface area contributed by atoms with E-state index in [1.165, 1.54) is 19.2 Å². The first-order valence-electron chi connectivity index (χ1n) is 4.16. The van der Waals surface area contributed by atoms with E-state index in [1.807, 2.05) is 0 Å². The van der Waals surface area contributed by atoms with Crippen molar-refractivity contribution in [3.63, 3.8) is 0 Å². The molecular weight excluding hydrogens is 200 g/mol. The molecule has 2 N–H and O–H groups in total. The van der Waals surface area contributed by atoms with Gasteiger partial charge >= 0.3 is 5.63 Å². The highest BCUT2D eigenvalue weighted by atomic mass is 16.5. The van der Waals surface area contributed by atoms with Crippen LogP contribution < -0.4 is 10.4 Å². The Morgan fingerprint density at radius 2 is 2.07 bits per heavy atom. The number of rotatable bonds is 1. The third-order valence-electron chi connectivity index (χ3n) is 2.04. The molecule has 0 spiro atoms. The fraction of sp³-hybridized carbons (Fsp3) is 0.100. The molecule has 5 heteroatoms. The summed E-state index contributed by atoms with van der Waals surface area (Å²) in [4.78, 5) is 10.9. The van der Waals surface area contributed by atoms with Crippen LogP contribution in [-0.4, -0.2) is 17.3 Å². The van der Waals surface area contributed by atoms with E-state index in [9.17, 15) is 15.0 Å². The van der Waals surface area contributed by atoms with Crippen LogP contribution in [0.3, 0.4) is 0 Å². The first-order chi connectivity index (χ1) is 7.13. The predicted octanol–water partition coefficient (Wildman–Crippen LogP) is 1.21. The van der Waals surface area contributed by atoms with Crippen LogP contribution >= 0.6 is 0 Å². The average molecular weight is 208 g/mol. The molecule has 1 aromatic heterocycles. The van der Waals surface area contributed by atoms with Crippen LogP contribution in [0.2, 0.25) is 0 Å². The van der Waals surface area contributed by atoms with Gasteiger partial charge in [-0.1, -0.05) is 0 Å². The summed E-state index contributed by atoms with van der Waals surface area (Å²) in [5.74, 6) is -0.693. The second-order valence-electron chi connectivity index (χ2n) is 2.94. The van der Waals surface area contributed by atoms with E-state index >= 15 is 0 Å². The number of aromatic hydroxyl groups is 2. The number of methoxy groups -OCH3 is 1. The molecule has 0 atom stereocenters. The molecule has 0 amide bonds. The minimum Gasteiger partial charge on any atom is -0.504 e. The van der Waals surface area contributed by atoms with Crippen LogP contribution in [-0.2, 0) is 0 Å². The molecular formula is C10H8O5. The van der Waals surface area contributed by atoms with Gasteiger partial charge < -0.3 is 19.4 Å². The quantitative estimate of drug-likeness (QED) is 0.544. The predicted molar refractivity (Wildman–Crippen MR) is 52.4 cm³/mol. The molecule has 1 heterocycles. The minimum absolute atomic E-state index is 0.0775. The molecule has 0 aliphatic carbocycles. The molecule has 15 heavy (non-hydrogen) atoms. The van der Waals surface area contributed by atoms with Crippen LogP contribution in [0.15, 0.2) is 27.4 Å². The van der Waals surface area contributed by atoms with Gasteiger partial charge in [0.15, 0.2) is 11.5 Å². The van der Waals surface area contributed by atoms with Gasteiger partial charge in [0.1, 0.15) is 5.58 Å². The molecule has 0 radical (unpaired) electrons. The molecule has 78 valence electrons. The van der Waals surface area contributed by atoms with Crippen LogP contribution in [0.4, 0.5) is 0 Å². The van der Waals surface area contributed by atoms with E-state index in [0.717, 1.165) is 6.07 Å². The maximum Gasteiger partial charge on any atom is 0.336 e. The Hall–Kier alpha value is -2.17. The van der Waals surface area contributed by atoms with Gasteiger partial charge in [0, 0.05) is 12.1 Å². The standard InChI is InChI=1S/C10H8O5/c1-14-10-5-2-3-8(12)15-7(5)4-6(11)9(10)13/h2-4,11,13H,1H3. The molecule has 5 nitrogen and oxygen atoms in total. The Labute approximate surface area is 84.1 Å². The summed E-state index contributed by atoms with van der Waals surface area (Å²) in [6.07, 6.45) is 0. The van der Waals surface area contributed by atoms with E-state index in [0.29, 0.717) is 5.39 Å². The third kappa shape index (κ3) is 1.38. The maximum absolute atomic E-state index is 10.9. The van der Waals surface area contributed by atoms with Gasteiger partial charge in [-0.3, -0.25) is 0 Å². The molecule has 0 aliphatic heterocycles. The molecule has 0 saturated heterocycles. The Bertz CT molecular complexity index is 570. The molecule has 0 unspecified atom stereocenters. The first kappa shape index (κ1) is 9.39. The van der Waals surface area contributed by atoms with E-state index in [-0.39, 0.29) is 17.1 Å². The van der Waals surface area contributed by atoms with Crippen molar-refractivity contribution >= 4 is 11.0 Å². The number of phenols is 2. The van der Waals surface area contributed by atoms with Crippen molar-refractivity contribution in [2.45, 2.75) is 0 Å². The van der Waals surface area contributed by atoms with Crippen molar-refractivity contribution in [1.82, 2.24) is 0 Å². The van der Waals surface area contributed by atoms with Crippen molar-refractivity contribution < 1.29 is 19.4 Å². The smallest absolute Gasteiger partial charge is 0.336 e. The number of fused-ring (bicyclic) bond motifs is 1. The number of phenolic OH excluding ortho intramolecular Hbond substituents is 2. The van der Waals surface area contributed by atoms with Gasteiger partial charge in [-0.2, -0.15) is 0 Å². The Morgan fingerprint density at radius 3 is 2.73 bits per heavy atom. The highest BCUT2D eigenvalue weighted by molar-refractivity contribution is 5.88. The molecule has 0 fully saturated rings. The monoisotopic (exact) mass is 208 g/mol. The molecule has 0 saturated carbocycles. The second-order valence-corrected chi connectivity index (χ2v) is 2.94. The highest BCUT2D eigenvalue weighted by Gasteiger charge is 2.14. The van der Waals surface area contributed by atoms with Crippen molar-refractivity contribution in [3.05, 3.63) is 28.6 Å². The second kappa shape index (κ2) is 3.20. The summed E-state index contributed by atoms with van der Waals surface area (Å²) in [6.45, 7) is 0. The first-order valence-corrected chi connectivity index (χ1v) is 4.16. The summed E-state index contributed by atoms with van der Waals surface area (Å²) in [6, 6.07) is 3.83. The molecule has 0 aliphatic rings. The van der Waals surface area contributed by atoms with Crippen molar-refractivity contribution in [2.75, 3.05) is 7.11 Å². The van der Waals surface area contributed by atoms with Crippen LogP contribution in [0, 0.1) is 0 Å². The maximum atomic E-state index is 10.9. The molecule has 1 aromatic carbocycles. The van der Waals surface area contributed by atoms with Crippen molar-refractivity contribution in [1.29, 1.82) is 0 Å². The normalized spacial score (nSPS) is 10.5. The van der Waals surface area contributed by atoms with Gasteiger partial charge in [-0.05, 0) is 6.07 Å². The van der Waals surface area contributed by atoms with Crippen LogP contribution in [0.25, 0.3) is 11.0 Å². The SMILES string of the molecule is COc1c(O)c(O)cc2oc(=O)ccc12. The molecule has 0 bridgehead atoms. The summed E-state index contributed by atoms with van der Waals surface area (Å²) in [5.41, 5.74) is -0.371. The fourth-order valence-electron chi connectivity index (χ4n) is 1.37. The zero-order valence-corrected chi connectivity index (χ0v) is 7.85.